The third-order valence-corrected chi connectivity index (χ3v) is 3.95. The summed E-state index contributed by atoms with van der Waals surface area (Å²) >= 11 is 0. The minimum atomic E-state index is -0.0436. The average molecular weight is 275 g/mol. The Morgan fingerprint density at radius 3 is 2.70 bits per heavy atom. The van der Waals surface area contributed by atoms with E-state index in [1.54, 1.807) is 19.0 Å². The minimum Gasteiger partial charge on any atom is -0.337 e. The van der Waals surface area contributed by atoms with Gasteiger partial charge in [-0.05, 0) is 23.0 Å². The molecule has 0 aromatic heterocycles. The van der Waals surface area contributed by atoms with Gasteiger partial charge in [0.25, 0.3) is 0 Å². The van der Waals surface area contributed by atoms with Crippen molar-refractivity contribution in [2.24, 2.45) is 5.41 Å². The number of hydrogen-bond donors (Lipinski definition) is 2. The zero-order chi connectivity index (χ0) is 14.8. The van der Waals surface area contributed by atoms with Crippen LogP contribution in [0.3, 0.4) is 0 Å². The molecule has 0 bridgehead atoms. The molecule has 2 N–H and O–H groups in total. The Balaban J connectivity index is 1.91. The highest BCUT2D eigenvalue weighted by Crippen LogP contribution is 2.44. The predicted molar refractivity (Wildman–Crippen MR) is 81.8 cm³/mol. The van der Waals surface area contributed by atoms with Gasteiger partial charge in [0.15, 0.2) is 0 Å². The van der Waals surface area contributed by atoms with Crippen LogP contribution in [0.1, 0.15) is 31.0 Å². The topological polar surface area (TPSA) is 44.4 Å². The number of nitrogens with one attached hydrogen (secondary N) is 2. The van der Waals surface area contributed by atoms with Crippen molar-refractivity contribution in [1.29, 1.82) is 0 Å². The third kappa shape index (κ3) is 3.12. The number of amides is 2. The van der Waals surface area contributed by atoms with Gasteiger partial charge in [0.2, 0.25) is 0 Å². The second-order valence-electron chi connectivity index (χ2n) is 6.38. The first kappa shape index (κ1) is 14.9. The van der Waals surface area contributed by atoms with Crippen LogP contribution in [0.2, 0.25) is 0 Å². The smallest absolute Gasteiger partial charge is 0.316 e. The van der Waals surface area contributed by atoms with Crippen LogP contribution in [0, 0.1) is 5.41 Å². The molecule has 1 atom stereocenters. The predicted octanol–water partition coefficient (Wildman–Crippen LogP) is 2.17. The summed E-state index contributed by atoms with van der Waals surface area (Å²) in [5.41, 5.74) is 3.05. The van der Waals surface area contributed by atoms with E-state index >= 15 is 0 Å². The van der Waals surface area contributed by atoms with E-state index in [1.807, 2.05) is 0 Å². The summed E-state index contributed by atoms with van der Waals surface area (Å²) in [6.45, 7) is 6.01. The number of carbonyl (C=O) groups excluding carboxylic acids is 1. The zero-order valence-electron chi connectivity index (χ0n) is 12.9. The Kier molecular flexibility index (Phi) is 4.33. The van der Waals surface area contributed by atoms with Crippen LogP contribution in [-0.2, 0) is 6.42 Å². The maximum Gasteiger partial charge on any atom is 0.316 e. The van der Waals surface area contributed by atoms with E-state index in [0.29, 0.717) is 12.6 Å². The molecule has 1 aromatic carbocycles. The monoisotopic (exact) mass is 275 g/mol. The fraction of sp³-hybridized carbons (Fsp3) is 0.562. The Hall–Kier alpha value is -1.55. The molecule has 0 saturated heterocycles. The Morgan fingerprint density at radius 1 is 1.30 bits per heavy atom. The normalized spacial score (nSPS) is 19.5. The van der Waals surface area contributed by atoms with Crippen LogP contribution in [-0.4, -0.2) is 38.1 Å². The highest BCUT2D eigenvalue weighted by molar-refractivity contribution is 5.73. The highest BCUT2D eigenvalue weighted by atomic mass is 16.2. The maximum absolute atomic E-state index is 11.5. The largest absolute Gasteiger partial charge is 0.337 e. The summed E-state index contributed by atoms with van der Waals surface area (Å²) in [6, 6.07) is 8.94. The van der Waals surface area contributed by atoms with Crippen molar-refractivity contribution in [3.8, 4) is 0 Å². The minimum absolute atomic E-state index is 0.0436. The summed E-state index contributed by atoms with van der Waals surface area (Å²) in [7, 11) is 3.50. The Bertz CT molecular complexity index is 482. The molecule has 110 valence electrons. The van der Waals surface area contributed by atoms with Crippen LogP contribution >= 0.6 is 0 Å². The van der Waals surface area contributed by atoms with E-state index in [-0.39, 0.29) is 11.4 Å². The quantitative estimate of drug-likeness (QED) is 0.827. The summed E-state index contributed by atoms with van der Waals surface area (Å²) in [5.74, 6) is 0. The molecule has 4 heteroatoms. The van der Waals surface area contributed by atoms with Crippen molar-refractivity contribution < 1.29 is 4.79 Å². The Labute approximate surface area is 121 Å². The van der Waals surface area contributed by atoms with E-state index in [0.717, 1.165) is 13.0 Å². The van der Waals surface area contributed by atoms with Crippen LogP contribution in [0.15, 0.2) is 24.3 Å². The number of carbonyl (C=O) groups is 1. The molecule has 0 aliphatic heterocycles. The van der Waals surface area contributed by atoms with E-state index in [4.69, 9.17) is 0 Å². The zero-order valence-corrected chi connectivity index (χ0v) is 12.9. The molecule has 0 heterocycles. The lowest BCUT2D eigenvalue weighted by molar-refractivity contribution is 0.216. The van der Waals surface area contributed by atoms with Crippen molar-refractivity contribution in [3.05, 3.63) is 35.4 Å². The van der Waals surface area contributed by atoms with Gasteiger partial charge in [0.05, 0.1) is 0 Å². The number of fused-ring (bicyclic) bond motifs is 1. The first-order valence-electron chi connectivity index (χ1n) is 7.18. The molecule has 4 nitrogen and oxygen atoms in total. The van der Waals surface area contributed by atoms with E-state index in [9.17, 15) is 4.79 Å². The van der Waals surface area contributed by atoms with Gasteiger partial charge >= 0.3 is 6.03 Å². The summed E-state index contributed by atoms with van der Waals surface area (Å²) in [5, 5.41) is 6.47. The highest BCUT2D eigenvalue weighted by Gasteiger charge is 2.38. The molecule has 1 aromatic rings. The number of benzene rings is 1. The molecular formula is C16H25N3O. The van der Waals surface area contributed by atoms with Crippen LogP contribution in [0.4, 0.5) is 4.79 Å². The van der Waals surface area contributed by atoms with Gasteiger partial charge < -0.3 is 15.5 Å². The maximum atomic E-state index is 11.5. The second kappa shape index (κ2) is 5.83. The summed E-state index contributed by atoms with van der Waals surface area (Å²) in [4.78, 5) is 13.0. The van der Waals surface area contributed by atoms with Crippen LogP contribution < -0.4 is 10.6 Å². The molecule has 2 rings (SSSR count). The van der Waals surface area contributed by atoms with Crippen LogP contribution in [0.5, 0.6) is 0 Å². The lowest BCUT2D eigenvalue weighted by atomic mass is 9.85. The molecule has 1 aliphatic rings. The van der Waals surface area contributed by atoms with Gasteiger partial charge in [-0.1, -0.05) is 38.1 Å². The second-order valence-corrected chi connectivity index (χ2v) is 6.38. The standard InChI is InChI=1S/C16H25N3O/c1-16(2)11-12-7-5-6-8-13(12)14(16)17-9-10-18-15(20)19(3)4/h5-8,14,17H,9-11H2,1-4H3,(H,18,20). The average Bonchev–Trinajstić information content (AvgIpc) is 2.64. The van der Waals surface area contributed by atoms with Crippen LogP contribution in [0.25, 0.3) is 0 Å². The van der Waals surface area contributed by atoms with Gasteiger partial charge in [-0.25, -0.2) is 4.79 Å². The van der Waals surface area contributed by atoms with Gasteiger partial charge in [-0.15, -0.1) is 0 Å². The lowest BCUT2D eigenvalue weighted by Crippen LogP contribution is -2.40. The number of hydrogen-bond acceptors (Lipinski definition) is 2. The van der Waals surface area contributed by atoms with Gasteiger partial charge in [0.1, 0.15) is 0 Å². The molecule has 0 fully saturated rings. The fourth-order valence-electron chi connectivity index (χ4n) is 2.92. The van der Waals surface area contributed by atoms with Crippen molar-refractivity contribution in [2.45, 2.75) is 26.3 Å². The van der Waals surface area contributed by atoms with Gasteiger partial charge in [0, 0.05) is 33.2 Å². The first-order chi connectivity index (χ1) is 9.42. The molecule has 1 aliphatic carbocycles. The van der Waals surface area contributed by atoms with Crippen molar-refractivity contribution in [1.82, 2.24) is 15.5 Å². The summed E-state index contributed by atoms with van der Waals surface area (Å²) < 4.78 is 0. The molecule has 0 radical (unpaired) electrons. The molecule has 0 spiro atoms. The van der Waals surface area contributed by atoms with E-state index in [2.05, 4.69) is 48.7 Å². The Morgan fingerprint density at radius 2 is 2.00 bits per heavy atom. The molecule has 0 saturated carbocycles. The first-order valence-corrected chi connectivity index (χ1v) is 7.18. The van der Waals surface area contributed by atoms with E-state index in [1.165, 1.54) is 11.1 Å². The molecule has 1 unspecified atom stereocenters. The van der Waals surface area contributed by atoms with Gasteiger partial charge in [-0.3, -0.25) is 0 Å². The molecule has 2 amide bonds. The third-order valence-electron chi connectivity index (χ3n) is 3.95. The van der Waals surface area contributed by atoms with Crippen molar-refractivity contribution in [2.75, 3.05) is 27.2 Å². The van der Waals surface area contributed by atoms with Crippen molar-refractivity contribution >= 4 is 6.03 Å². The summed E-state index contributed by atoms with van der Waals surface area (Å²) in [6.07, 6.45) is 1.10. The van der Waals surface area contributed by atoms with E-state index < -0.39 is 0 Å². The SMILES string of the molecule is CN(C)C(=O)NCCNC1c2ccccc2CC1(C)C. The molecule has 20 heavy (non-hydrogen) atoms. The number of rotatable bonds is 4. The fourth-order valence-corrected chi connectivity index (χ4v) is 2.92. The number of urea groups is 1. The lowest BCUT2D eigenvalue weighted by Gasteiger charge is -2.29. The number of nitrogens with zero attached hydrogens (tertiary/aromatic N) is 1. The van der Waals surface area contributed by atoms with Gasteiger partial charge in [-0.2, -0.15) is 0 Å². The molecular weight excluding hydrogens is 250 g/mol. The van der Waals surface area contributed by atoms with Crippen molar-refractivity contribution in [3.63, 3.8) is 0 Å².